The van der Waals surface area contributed by atoms with Crippen LogP contribution in [0.25, 0.3) is 0 Å². The van der Waals surface area contributed by atoms with Crippen molar-refractivity contribution in [2.75, 3.05) is 0 Å². The first kappa shape index (κ1) is 27.6. The normalized spacial score (nSPS) is 37.0. The van der Waals surface area contributed by atoms with Gasteiger partial charge in [-0.3, -0.25) is 14.4 Å². The van der Waals surface area contributed by atoms with E-state index >= 15 is 0 Å². The molecule has 3 aliphatic rings. The van der Waals surface area contributed by atoms with Crippen molar-refractivity contribution in [3.63, 3.8) is 0 Å². The number of carbonyl (C=O) groups is 3. The van der Waals surface area contributed by atoms with E-state index in [2.05, 4.69) is 55.4 Å². The van der Waals surface area contributed by atoms with Crippen LogP contribution >= 0.6 is 0 Å². The van der Waals surface area contributed by atoms with Gasteiger partial charge in [0.25, 0.3) is 0 Å². The lowest BCUT2D eigenvalue weighted by molar-refractivity contribution is -0.150. The molecule has 3 aliphatic carbocycles. The highest BCUT2D eigenvalue weighted by atomic mass is 28.4. The number of hydrogen-bond acceptors (Lipinski definition) is 4. The second-order valence-corrected chi connectivity index (χ2v) is 18.6. The lowest BCUT2D eigenvalue weighted by Crippen LogP contribution is -2.54. The predicted octanol–water partition coefficient (Wildman–Crippen LogP) is 6.79. The molecule has 34 heavy (non-hydrogen) atoms. The van der Waals surface area contributed by atoms with Crippen LogP contribution in [0.2, 0.25) is 16.6 Å². The molecule has 0 unspecified atom stereocenters. The third-order valence-electron chi connectivity index (χ3n) is 10.3. The van der Waals surface area contributed by atoms with Gasteiger partial charge in [-0.25, -0.2) is 0 Å². The van der Waals surface area contributed by atoms with Gasteiger partial charge < -0.3 is 9.53 Å². The molecule has 0 bridgehead atoms. The smallest absolute Gasteiger partial charge is 0.303 e. The van der Waals surface area contributed by atoms with Crippen molar-refractivity contribution in [2.24, 2.45) is 28.6 Å². The van der Waals surface area contributed by atoms with E-state index in [9.17, 15) is 19.5 Å². The van der Waals surface area contributed by atoms with Crippen molar-refractivity contribution in [1.29, 1.82) is 0 Å². The quantitative estimate of drug-likeness (QED) is 0.377. The van der Waals surface area contributed by atoms with E-state index in [0.717, 1.165) is 25.7 Å². The van der Waals surface area contributed by atoms with Gasteiger partial charge in [0.05, 0.1) is 6.10 Å². The number of carboxylic acids is 1. The number of ketones is 2. The Morgan fingerprint density at radius 2 is 1.56 bits per heavy atom. The summed E-state index contributed by atoms with van der Waals surface area (Å²) in [6.45, 7) is 17.9. The maximum absolute atomic E-state index is 13.8. The van der Waals surface area contributed by atoms with Crippen LogP contribution < -0.4 is 0 Å². The second kappa shape index (κ2) is 9.80. The molecule has 1 N–H and O–H groups in total. The summed E-state index contributed by atoms with van der Waals surface area (Å²) in [5.74, 6) is -0.303. The fourth-order valence-electron chi connectivity index (χ4n) is 8.68. The van der Waals surface area contributed by atoms with Crippen LogP contribution in [0.1, 0.15) is 107 Å². The van der Waals surface area contributed by atoms with Crippen molar-refractivity contribution in [2.45, 2.75) is 129 Å². The highest BCUT2D eigenvalue weighted by molar-refractivity contribution is 6.77. The monoisotopic (exact) mass is 492 g/mol. The standard InChI is InChI=1S/C28H48O5Si/c1-17(2)34(18(3)4,19(5)6)33-21-9-12-28(8,25(30)14-21)23-10-11-27(7)16-20(29)13-24(27)22(23)15-26(31)32/h17-19,21-24H,9-16H2,1-8H3,(H,31,32)/t21-,22+,23-,24-,27+,28+/m0/s1. The number of hydrogen-bond donors (Lipinski definition) is 1. The molecule has 0 saturated heterocycles. The van der Waals surface area contributed by atoms with Crippen LogP contribution in [0.15, 0.2) is 0 Å². The molecule has 3 rings (SSSR count). The summed E-state index contributed by atoms with van der Waals surface area (Å²) in [5.41, 5.74) is 0.806. The zero-order chi connectivity index (χ0) is 25.6. The Hall–Kier alpha value is -1.01. The molecule has 0 spiro atoms. The lowest BCUT2D eigenvalue weighted by atomic mass is 9.51. The minimum atomic E-state index is -2.07. The Labute approximate surface area is 207 Å². The molecule has 0 radical (unpaired) electrons. The number of aliphatic carboxylic acids is 1. The third kappa shape index (κ3) is 4.70. The van der Waals surface area contributed by atoms with Crippen LogP contribution in [-0.2, 0) is 18.8 Å². The topological polar surface area (TPSA) is 80.7 Å². The highest BCUT2D eigenvalue weighted by Crippen LogP contribution is 2.61. The summed E-state index contributed by atoms with van der Waals surface area (Å²) in [6.07, 6.45) is 4.89. The second-order valence-electron chi connectivity index (χ2n) is 13.2. The van der Waals surface area contributed by atoms with Crippen LogP contribution in [0, 0.1) is 28.6 Å². The molecule has 3 fully saturated rings. The lowest BCUT2D eigenvalue weighted by Gasteiger charge is -2.53. The molecule has 0 amide bonds. The number of fused-ring (bicyclic) bond motifs is 1. The summed E-state index contributed by atoms with van der Waals surface area (Å²) in [5, 5.41) is 9.74. The number of carboxylic acid groups (broad SMARTS) is 1. The largest absolute Gasteiger partial charge is 0.481 e. The molecule has 5 nitrogen and oxygen atoms in total. The minimum Gasteiger partial charge on any atom is -0.481 e. The van der Waals surface area contributed by atoms with Gasteiger partial charge in [0.15, 0.2) is 0 Å². The van der Waals surface area contributed by atoms with E-state index in [1.807, 2.05) is 0 Å². The first-order chi connectivity index (χ1) is 15.7. The van der Waals surface area contributed by atoms with E-state index < -0.39 is 19.7 Å². The Kier molecular flexibility index (Phi) is 7.95. The molecule has 194 valence electrons. The maximum Gasteiger partial charge on any atom is 0.303 e. The predicted molar refractivity (Wildman–Crippen MR) is 137 cm³/mol. The Balaban J connectivity index is 1.83. The van der Waals surface area contributed by atoms with E-state index in [-0.39, 0.29) is 47.3 Å². The SMILES string of the molecule is CC(C)[Si](O[C@H]1CC[C@](C)([C@H]2CC[C@]3(C)CC(=O)C[C@H]3[C@@H]2CC(=O)O)C(=O)C1)(C(C)C)C(C)C. The van der Waals surface area contributed by atoms with Gasteiger partial charge in [0.1, 0.15) is 11.6 Å². The summed E-state index contributed by atoms with van der Waals surface area (Å²) in [6, 6.07) is 0. The summed E-state index contributed by atoms with van der Waals surface area (Å²) in [4.78, 5) is 38.1. The van der Waals surface area contributed by atoms with Crippen molar-refractivity contribution >= 4 is 25.9 Å². The average molecular weight is 493 g/mol. The molecule has 0 aromatic heterocycles. The molecule has 0 aliphatic heterocycles. The Morgan fingerprint density at radius 1 is 0.971 bits per heavy atom. The zero-order valence-corrected chi connectivity index (χ0v) is 23.8. The van der Waals surface area contributed by atoms with Crippen molar-refractivity contribution in [3.05, 3.63) is 0 Å². The summed E-state index contributed by atoms with van der Waals surface area (Å²) in [7, 11) is -2.07. The van der Waals surface area contributed by atoms with Crippen LogP contribution in [0.3, 0.4) is 0 Å². The van der Waals surface area contributed by atoms with Crippen molar-refractivity contribution in [1.82, 2.24) is 0 Å². The van der Waals surface area contributed by atoms with Gasteiger partial charge in [-0.05, 0) is 65.5 Å². The molecular weight excluding hydrogens is 444 g/mol. The highest BCUT2D eigenvalue weighted by Gasteiger charge is 2.58. The van der Waals surface area contributed by atoms with Gasteiger partial charge in [-0.1, -0.05) is 55.4 Å². The fourth-order valence-corrected chi connectivity index (χ4v) is 14.3. The van der Waals surface area contributed by atoms with E-state index in [0.29, 0.717) is 35.9 Å². The van der Waals surface area contributed by atoms with Gasteiger partial charge in [-0.15, -0.1) is 0 Å². The number of rotatable bonds is 8. The Bertz CT molecular complexity index is 783. The number of Topliss-reactive ketones (excluding diaryl/α,β-unsaturated/α-hetero) is 2. The van der Waals surface area contributed by atoms with Crippen LogP contribution in [0.5, 0.6) is 0 Å². The van der Waals surface area contributed by atoms with Gasteiger partial charge in [-0.2, -0.15) is 0 Å². The molecule has 3 saturated carbocycles. The van der Waals surface area contributed by atoms with Crippen LogP contribution in [-0.4, -0.2) is 37.1 Å². The molecule has 6 atom stereocenters. The molecular formula is C28H48O5Si. The molecule has 0 aromatic carbocycles. The average Bonchev–Trinajstić information content (AvgIpc) is 3.02. The van der Waals surface area contributed by atoms with Gasteiger partial charge >= 0.3 is 5.97 Å². The summed E-state index contributed by atoms with van der Waals surface area (Å²) >= 11 is 0. The Morgan fingerprint density at radius 3 is 2.06 bits per heavy atom. The van der Waals surface area contributed by atoms with Gasteiger partial charge in [0.2, 0.25) is 8.32 Å². The summed E-state index contributed by atoms with van der Waals surface area (Å²) < 4.78 is 6.98. The molecule has 6 heteroatoms. The third-order valence-corrected chi connectivity index (χ3v) is 16.5. The van der Waals surface area contributed by atoms with Crippen molar-refractivity contribution < 1.29 is 23.9 Å². The van der Waals surface area contributed by atoms with E-state index in [1.54, 1.807) is 0 Å². The number of carbonyl (C=O) groups excluding carboxylic acids is 2. The fraction of sp³-hybridized carbons (Fsp3) is 0.893. The maximum atomic E-state index is 13.8. The van der Waals surface area contributed by atoms with E-state index in [4.69, 9.17) is 4.43 Å². The molecule has 0 aromatic rings. The van der Waals surface area contributed by atoms with E-state index in [1.165, 1.54) is 0 Å². The van der Waals surface area contributed by atoms with Crippen molar-refractivity contribution in [3.8, 4) is 0 Å². The first-order valence-electron chi connectivity index (χ1n) is 13.6. The van der Waals surface area contributed by atoms with Gasteiger partial charge in [0, 0.05) is 31.1 Å². The zero-order valence-electron chi connectivity index (χ0n) is 22.8. The minimum absolute atomic E-state index is 0.0284. The molecule has 0 heterocycles. The van der Waals surface area contributed by atoms with Crippen LogP contribution in [0.4, 0.5) is 0 Å². The first-order valence-corrected chi connectivity index (χ1v) is 15.8.